The zero-order valence-electron chi connectivity index (χ0n) is 8.83. The first-order chi connectivity index (χ1) is 6.15. The molecule has 0 amide bonds. The number of hydrogen-bond acceptors (Lipinski definition) is 3. The first kappa shape index (κ1) is 10.2. The topological polar surface area (TPSA) is 42.7 Å². The predicted molar refractivity (Wildman–Crippen MR) is 52.6 cm³/mol. The van der Waals surface area contributed by atoms with E-state index in [9.17, 15) is 0 Å². The van der Waals surface area contributed by atoms with Gasteiger partial charge in [0, 0.05) is 19.5 Å². The summed E-state index contributed by atoms with van der Waals surface area (Å²) in [4.78, 5) is 0. The first-order valence-electron chi connectivity index (χ1n) is 4.73. The second-order valence-corrected chi connectivity index (χ2v) is 3.39. The quantitative estimate of drug-likeness (QED) is 0.744. The van der Waals surface area contributed by atoms with E-state index < -0.39 is 0 Å². The van der Waals surface area contributed by atoms with Gasteiger partial charge >= 0.3 is 0 Å². The average Bonchev–Trinajstić information content (AvgIpc) is 2.37. The second kappa shape index (κ2) is 4.37. The number of aromatic nitrogens is 3. The van der Waals surface area contributed by atoms with Crippen molar-refractivity contribution in [2.75, 3.05) is 6.54 Å². The molecule has 1 heterocycles. The summed E-state index contributed by atoms with van der Waals surface area (Å²) in [6, 6.07) is 0.465. The van der Waals surface area contributed by atoms with E-state index in [4.69, 9.17) is 0 Å². The fraction of sp³-hybridized carbons (Fsp3) is 0.778. The smallest absolute Gasteiger partial charge is 0.134 e. The van der Waals surface area contributed by atoms with Crippen LogP contribution in [-0.2, 0) is 13.5 Å². The molecule has 0 saturated carbocycles. The molecule has 0 aromatic carbocycles. The Morgan fingerprint density at radius 1 is 1.46 bits per heavy atom. The van der Waals surface area contributed by atoms with E-state index in [0.717, 1.165) is 24.6 Å². The molecule has 0 fully saturated rings. The second-order valence-electron chi connectivity index (χ2n) is 3.39. The van der Waals surface area contributed by atoms with Gasteiger partial charge in [0.25, 0.3) is 0 Å². The van der Waals surface area contributed by atoms with Gasteiger partial charge < -0.3 is 9.88 Å². The van der Waals surface area contributed by atoms with Crippen LogP contribution in [0.1, 0.15) is 25.5 Å². The molecular formula is C9H18N4. The Bertz CT molecular complexity index is 267. The summed E-state index contributed by atoms with van der Waals surface area (Å²) in [7, 11) is 2.00. The zero-order chi connectivity index (χ0) is 9.84. The summed E-state index contributed by atoms with van der Waals surface area (Å²) in [5.41, 5.74) is 0. The lowest BCUT2D eigenvalue weighted by Gasteiger charge is -2.10. The Hall–Kier alpha value is -0.900. The minimum Gasteiger partial charge on any atom is -0.318 e. The van der Waals surface area contributed by atoms with Crippen LogP contribution in [0.15, 0.2) is 0 Å². The standard InChI is InChI=1S/C9H18N4/c1-5-10-7(2)6-9-12-11-8(3)13(9)4/h7,10H,5-6H2,1-4H3. The normalized spacial score (nSPS) is 13.2. The summed E-state index contributed by atoms with van der Waals surface area (Å²) in [6.07, 6.45) is 0.936. The highest BCUT2D eigenvalue weighted by Gasteiger charge is 2.08. The van der Waals surface area contributed by atoms with Gasteiger partial charge in [-0.1, -0.05) is 6.92 Å². The minimum atomic E-state index is 0.465. The van der Waals surface area contributed by atoms with Crippen LogP contribution in [0.5, 0.6) is 0 Å². The fourth-order valence-corrected chi connectivity index (χ4v) is 1.32. The highest BCUT2D eigenvalue weighted by atomic mass is 15.3. The number of rotatable bonds is 4. The molecular weight excluding hydrogens is 164 g/mol. The van der Waals surface area contributed by atoms with Crippen LogP contribution in [0, 0.1) is 6.92 Å². The number of aryl methyl sites for hydroxylation is 1. The predicted octanol–water partition coefficient (Wildman–Crippen LogP) is 0.664. The van der Waals surface area contributed by atoms with Gasteiger partial charge in [-0.3, -0.25) is 0 Å². The van der Waals surface area contributed by atoms with Crippen LogP contribution in [0.3, 0.4) is 0 Å². The molecule has 1 rings (SSSR count). The molecule has 1 atom stereocenters. The molecule has 0 radical (unpaired) electrons. The lowest BCUT2D eigenvalue weighted by Crippen LogP contribution is -2.28. The number of nitrogens with one attached hydrogen (secondary N) is 1. The van der Waals surface area contributed by atoms with Crippen molar-refractivity contribution in [1.29, 1.82) is 0 Å². The van der Waals surface area contributed by atoms with Crippen LogP contribution in [0.2, 0.25) is 0 Å². The van der Waals surface area contributed by atoms with Crippen molar-refractivity contribution in [3.8, 4) is 0 Å². The molecule has 0 aliphatic rings. The van der Waals surface area contributed by atoms with Crippen molar-refractivity contribution >= 4 is 0 Å². The maximum absolute atomic E-state index is 4.11. The third-order valence-electron chi connectivity index (χ3n) is 2.22. The van der Waals surface area contributed by atoms with E-state index in [-0.39, 0.29) is 0 Å². The van der Waals surface area contributed by atoms with Crippen LogP contribution in [-0.4, -0.2) is 27.4 Å². The molecule has 0 aliphatic heterocycles. The monoisotopic (exact) mass is 182 g/mol. The summed E-state index contributed by atoms with van der Waals surface area (Å²) in [5, 5.41) is 11.5. The molecule has 0 spiro atoms. The van der Waals surface area contributed by atoms with Gasteiger partial charge in [0.2, 0.25) is 0 Å². The molecule has 74 valence electrons. The van der Waals surface area contributed by atoms with Crippen LogP contribution in [0.4, 0.5) is 0 Å². The van der Waals surface area contributed by atoms with Gasteiger partial charge in [-0.2, -0.15) is 0 Å². The molecule has 0 bridgehead atoms. The lowest BCUT2D eigenvalue weighted by atomic mass is 10.2. The summed E-state index contributed by atoms with van der Waals surface area (Å²) in [6.45, 7) is 7.23. The Morgan fingerprint density at radius 2 is 2.15 bits per heavy atom. The molecule has 4 nitrogen and oxygen atoms in total. The Kier molecular flexibility index (Phi) is 3.42. The first-order valence-corrected chi connectivity index (χ1v) is 4.73. The van der Waals surface area contributed by atoms with E-state index in [2.05, 4.69) is 29.4 Å². The molecule has 13 heavy (non-hydrogen) atoms. The van der Waals surface area contributed by atoms with E-state index >= 15 is 0 Å². The molecule has 1 aromatic rings. The van der Waals surface area contributed by atoms with Gasteiger partial charge in [-0.15, -0.1) is 10.2 Å². The maximum Gasteiger partial charge on any atom is 0.134 e. The van der Waals surface area contributed by atoms with Gasteiger partial charge in [-0.25, -0.2) is 0 Å². The Morgan fingerprint density at radius 3 is 2.62 bits per heavy atom. The zero-order valence-corrected chi connectivity index (χ0v) is 8.83. The minimum absolute atomic E-state index is 0.465. The van der Waals surface area contributed by atoms with Crippen molar-refractivity contribution in [2.45, 2.75) is 33.2 Å². The van der Waals surface area contributed by atoms with E-state index in [1.165, 1.54) is 0 Å². The van der Waals surface area contributed by atoms with Crippen molar-refractivity contribution in [3.05, 3.63) is 11.6 Å². The molecule has 4 heteroatoms. The van der Waals surface area contributed by atoms with E-state index in [0.29, 0.717) is 6.04 Å². The number of hydrogen-bond donors (Lipinski definition) is 1. The Balaban J connectivity index is 2.58. The average molecular weight is 182 g/mol. The summed E-state index contributed by atoms with van der Waals surface area (Å²) >= 11 is 0. The number of nitrogens with zero attached hydrogens (tertiary/aromatic N) is 3. The summed E-state index contributed by atoms with van der Waals surface area (Å²) < 4.78 is 2.04. The van der Waals surface area contributed by atoms with Gasteiger partial charge in [0.05, 0.1) is 0 Å². The largest absolute Gasteiger partial charge is 0.318 e. The van der Waals surface area contributed by atoms with Gasteiger partial charge in [-0.05, 0) is 20.4 Å². The third-order valence-corrected chi connectivity index (χ3v) is 2.22. The molecule has 0 saturated heterocycles. The molecule has 1 N–H and O–H groups in total. The lowest BCUT2D eigenvalue weighted by molar-refractivity contribution is 0.542. The van der Waals surface area contributed by atoms with Crippen LogP contribution >= 0.6 is 0 Å². The highest BCUT2D eigenvalue weighted by Crippen LogP contribution is 2.00. The van der Waals surface area contributed by atoms with Gasteiger partial charge in [0.1, 0.15) is 11.6 Å². The van der Waals surface area contributed by atoms with Gasteiger partial charge in [0.15, 0.2) is 0 Å². The number of likely N-dealkylation sites (N-methyl/N-ethyl adjacent to an activating group) is 1. The van der Waals surface area contributed by atoms with E-state index in [1.807, 2.05) is 18.5 Å². The molecule has 1 unspecified atom stereocenters. The summed E-state index contributed by atoms with van der Waals surface area (Å²) in [5.74, 6) is 2.02. The van der Waals surface area contributed by atoms with Crippen LogP contribution in [0.25, 0.3) is 0 Å². The van der Waals surface area contributed by atoms with E-state index in [1.54, 1.807) is 0 Å². The fourth-order valence-electron chi connectivity index (χ4n) is 1.32. The third kappa shape index (κ3) is 2.52. The van der Waals surface area contributed by atoms with Crippen LogP contribution < -0.4 is 5.32 Å². The van der Waals surface area contributed by atoms with Crippen molar-refractivity contribution in [3.63, 3.8) is 0 Å². The molecule has 0 aliphatic carbocycles. The van der Waals surface area contributed by atoms with Crippen molar-refractivity contribution in [2.24, 2.45) is 7.05 Å². The highest BCUT2D eigenvalue weighted by molar-refractivity contribution is 4.94. The molecule has 1 aromatic heterocycles. The maximum atomic E-state index is 4.11. The Labute approximate surface area is 79.4 Å². The van der Waals surface area contributed by atoms with Crippen molar-refractivity contribution < 1.29 is 0 Å². The SMILES string of the molecule is CCNC(C)Cc1nnc(C)n1C. The van der Waals surface area contributed by atoms with Crippen molar-refractivity contribution in [1.82, 2.24) is 20.1 Å².